The number of hydrogen-bond acceptors (Lipinski definition) is 3. The molecule has 2 fully saturated rings. The Balaban J connectivity index is 1.85. The van der Waals surface area contributed by atoms with Gasteiger partial charge >= 0.3 is 0 Å². The number of ketones is 1. The maximum atomic E-state index is 12.2. The van der Waals surface area contributed by atoms with Crippen LogP contribution in [0.4, 0.5) is 0 Å². The summed E-state index contributed by atoms with van der Waals surface area (Å²) in [5.41, 5.74) is 0. The van der Waals surface area contributed by atoms with Crippen LogP contribution in [-0.2, 0) is 14.6 Å². The number of hydrogen-bond donors (Lipinski definition) is 0. The molecule has 1 saturated carbocycles. The summed E-state index contributed by atoms with van der Waals surface area (Å²) in [6.07, 6.45) is 4.32. The molecule has 0 spiro atoms. The van der Waals surface area contributed by atoms with Gasteiger partial charge < -0.3 is 0 Å². The molecule has 3 nitrogen and oxygen atoms in total. The Hall–Kier alpha value is -0.380. The van der Waals surface area contributed by atoms with Crippen LogP contribution in [-0.4, -0.2) is 25.7 Å². The van der Waals surface area contributed by atoms with E-state index in [2.05, 4.69) is 13.8 Å². The third kappa shape index (κ3) is 3.34. The fourth-order valence-corrected chi connectivity index (χ4v) is 5.19. The molecule has 0 N–H and O–H groups in total. The van der Waals surface area contributed by atoms with E-state index in [1.54, 1.807) is 0 Å². The lowest BCUT2D eigenvalue weighted by molar-refractivity contribution is -0.125. The van der Waals surface area contributed by atoms with Gasteiger partial charge in [-0.05, 0) is 43.4 Å². The van der Waals surface area contributed by atoms with Crippen LogP contribution in [0.5, 0.6) is 0 Å². The number of carbonyl (C=O) groups excluding carboxylic acids is 1. The highest BCUT2D eigenvalue weighted by Gasteiger charge is 2.33. The van der Waals surface area contributed by atoms with Crippen molar-refractivity contribution >= 4 is 15.6 Å². The normalized spacial score (nSPS) is 39.7. The summed E-state index contributed by atoms with van der Waals surface area (Å²) >= 11 is 0. The molecule has 2 rings (SSSR count). The Morgan fingerprint density at radius 1 is 1.11 bits per heavy atom. The molecule has 1 aliphatic heterocycles. The molecule has 0 amide bonds. The highest BCUT2D eigenvalue weighted by molar-refractivity contribution is 7.91. The standard InChI is InChI=1S/C14H24O3S/c1-10-3-4-13(7-11(10)2)14(15)8-12-5-6-18(16,17)9-12/h10-13H,3-9H2,1-2H3. The molecule has 18 heavy (non-hydrogen) atoms. The van der Waals surface area contributed by atoms with Crippen LogP contribution >= 0.6 is 0 Å². The third-order valence-corrected chi connectivity index (χ3v) is 6.71. The zero-order valence-electron chi connectivity index (χ0n) is 11.4. The predicted octanol–water partition coefficient (Wildman–Crippen LogP) is 2.45. The van der Waals surface area contributed by atoms with Crippen LogP contribution in [0.3, 0.4) is 0 Å². The van der Waals surface area contributed by atoms with Gasteiger partial charge in [-0.1, -0.05) is 13.8 Å². The van der Waals surface area contributed by atoms with Crippen LogP contribution in [0.25, 0.3) is 0 Å². The molecule has 0 aromatic rings. The van der Waals surface area contributed by atoms with Gasteiger partial charge in [0.1, 0.15) is 5.78 Å². The summed E-state index contributed by atoms with van der Waals surface area (Å²) in [5.74, 6) is 2.47. The Morgan fingerprint density at radius 2 is 1.83 bits per heavy atom. The molecule has 0 aromatic carbocycles. The van der Waals surface area contributed by atoms with Crippen molar-refractivity contribution in [2.75, 3.05) is 11.5 Å². The quantitative estimate of drug-likeness (QED) is 0.793. The van der Waals surface area contributed by atoms with Gasteiger partial charge in [-0.2, -0.15) is 0 Å². The summed E-state index contributed by atoms with van der Waals surface area (Å²) in [6.45, 7) is 4.49. The van der Waals surface area contributed by atoms with E-state index in [0.717, 1.165) is 25.2 Å². The average molecular weight is 272 g/mol. The van der Waals surface area contributed by atoms with Crippen molar-refractivity contribution in [3.8, 4) is 0 Å². The van der Waals surface area contributed by atoms with Crippen molar-refractivity contribution in [1.29, 1.82) is 0 Å². The second-order valence-corrected chi connectivity index (χ2v) is 8.63. The van der Waals surface area contributed by atoms with Crippen LogP contribution in [0.2, 0.25) is 0 Å². The fourth-order valence-electron chi connectivity index (χ4n) is 3.32. The molecular formula is C14H24O3S. The van der Waals surface area contributed by atoms with Gasteiger partial charge in [-0.15, -0.1) is 0 Å². The van der Waals surface area contributed by atoms with Crippen molar-refractivity contribution in [3.05, 3.63) is 0 Å². The van der Waals surface area contributed by atoms with E-state index in [1.165, 1.54) is 0 Å². The minimum atomic E-state index is -2.84. The van der Waals surface area contributed by atoms with Gasteiger partial charge in [0.2, 0.25) is 0 Å². The Morgan fingerprint density at radius 3 is 2.39 bits per heavy atom. The van der Waals surface area contributed by atoms with Crippen LogP contribution in [0, 0.1) is 23.7 Å². The van der Waals surface area contributed by atoms with E-state index in [-0.39, 0.29) is 23.3 Å². The topological polar surface area (TPSA) is 51.2 Å². The van der Waals surface area contributed by atoms with Gasteiger partial charge in [0.15, 0.2) is 9.84 Å². The molecule has 4 heteroatoms. The van der Waals surface area contributed by atoms with E-state index in [9.17, 15) is 13.2 Å². The maximum Gasteiger partial charge on any atom is 0.150 e. The molecule has 1 aliphatic carbocycles. The van der Waals surface area contributed by atoms with Crippen molar-refractivity contribution in [3.63, 3.8) is 0 Å². The molecule has 2 aliphatic rings. The molecule has 4 unspecified atom stereocenters. The summed E-state index contributed by atoms with van der Waals surface area (Å²) < 4.78 is 22.8. The first-order valence-corrected chi connectivity index (χ1v) is 8.92. The third-order valence-electron chi connectivity index (χ3n) is 4.87. The van der Waals surface area contributed by atoms with E-state index in [0.29, 0.717) is 24.5 Å². The number of Topliss-reactive ketones (excluding diaryl/α,β-unsaturated/α-hetero) is 1. The van der Waals surface area contributed by atoms with Crippen molar-refractivity contribution in [2.45, 2.75) is 46.0 Å². The summed E-state index contributed by atoms with van der Waals surface area (Å²) in [4.78, 5) is 12.2. The summed E-state index contributed by atoms with van der Waals surface area (Å²) in [7, 11) is -2.84. The molecule has 0 bridgehead atoms. The van der Waals surface area contributed by atoms with E-state index >= 15 is 0 Å². The van der Waals surface area contributed by atoms with Crippen molar-refractivity contribution in [1.82, 2.24) is 0 Å². The van der Waals surface area contributed by atoms with Gasteiger partial charge in [0.05, 0.1) is 11.5 Å². The monoisotopic (exact) mass is 272 g/mol. The fraction of sp³-hybridized carbons (Fsp3) is 0.929. The lowest BCUT2D eigenvalue weighted by Crippen LogP contribution is -2.27. The average Bonchev–Trinajstić information content (AvgIpc) is 2.62. The molecule has 0 radical (unpaired) electrons. The molecule has 4 atom stereocenters. The SMILES string of the molecule is CC1CCC(C(=O)CC2CCS(=O)(=O)C2)CC1C. The molecular weight excluding hydrogens is 248 g/mol. The zero-order valence-corrected chi connectivity index (χ0v) is 12.2. The second kappa shape index (κ2) is 5.32. The Kier molecular flexibility index (Phi) is 4.15. The molecule has 1 heterocycles. The van der Waals surface area contributed by atoms with Crippen LogP contribution in [0.1, 0.15) is 46.0 Å². The second-order valence-electron chi connectivity index (χ2n) is 6.40. The minimum Gasteiger partial charge on any atom is -0.299 e. The van der Waals surface area contributed by atoms with Gasteiger partial charge in [-0.3, -0.25) is 4.79 Å². The van der Waals surface area contributed by atoms with Gasteiger partial charge in [0, 0.05) is 12.3 Å². The van der Waals surface area contributed by atoms with Gasteiger partial charge in [-0.25, -0.2) is 8.42 Å². The van der Waals surface area contributed by atoms with Gasteiger partial charge in [0.25, 0.3) is 0 Å². The van der Waals surface area contributed by atoms with E-state index in [4.69, 9.17) is 0 Å². The first kappa shape index (κ1) is 14.0. The number of carbonyl (C=O) groups is 1. The highest BCUT2D eigenvalue weighted by Crippen LogP contribution is 2.35. The summed E-state index contributed by atoms with van der Waals surface area (Å²) in [6, 6.07) is 0. The molecule has 104 valence electrons. The molecule has 1 saturated heterocycles. The Labute approximate surface area is 110 Å². The van der Waals surface area contributed by atoms with E-state index in [1.807, 2.05) is 0 Å². The maximum absolute atomic E-state index is 12.2. The first-order valence-electron chi connectivity index (χ1n) is 7.10. The minimum absolute atomic E-state index is 0.0946. The molecule has 0 aromatic heterocycles. The van der Waals surface area contributed by atoms with E-state index < -0.39 is 9.84 Å². The Bertz CT molecular complexity index is 413. The first-order chi connectivity index (χ1) is 8.37. The van der Waals surface area contributed by atoms with Crippen LogP contribution in [0.15, 0.2) is 0 Å². The lowest BCUT2D eigenvalue weighted by Gasteiger charge is -2.31. The zero-order chi connectivity index (χ0) is 13.3. The summed E-state index contributed by atoms with van der Waals surface area (Å²) in [5, 5.41) is 0. The number of sulfone groups is 1. The van der Waals surface area contributed by atoms with Crippen molar-refractivity contribution in [2.24, 2.45) is 23.7 Å². The lowest BCUT2D eigenvalue weighted by atomic mass is 9.73. The highest BCUT2D eigenvalue weighted by atomic mass is 32.2. The largest absolute Gasteiger partial charge is 0.299 e. The number of rotatable bonds is 3. The van der Waals surface area contributed by atoms with Crippen molar-refractivity contribution < 1.29 is 13.2 Å². The predicted molar refractivity (Wildman–Crippen MR) is 72.1 cm³/mol. The smallest absolute Gasteiger partial charge is 0.150 e. The van der Waals surface area contributed by atoms with Crippen LogP contribution < -0.4 is 0 Å².